The number of aryl methyl sites for hydroxylation is 2. The first kappa shape index (κ1) is 18.3. The minimum absolute atomic E-state index is 0.0658. The molecule has 4 aromatic rings. The molecule has 0 spiro atoms. The van der Waals surface area contributed by atoms with E-state index in [2.05, 4.69) is 21.4 Å². The summed E-state index contributed by atoms with van der Waals surface area (Å²) < 4.78 is 5.53. The number of fused-ring (bicyclic) bond motifs is 1. The fourth-order valence-electron chi connectivity index (χ4n) is 3.21. The Labute approximate surface area is 168 Å². The molecule has 142 valence electrons. The summed E-state index contributed by atoms with van der Waals surface area (Å²) in [6.07, 6.45) is 1.76. The first-order valence-electron chi connectivity index (χ1n) is 8.99. The van der Waals surface area contributed by atoms with Crippen molar-refractivity contribution in [2.24, 2.45) is 0 Å². The highest BCUT2D eigenvalue weighted by molar-refractivity contribution is 6.32. The van der Waals surface area contributed by atoms with Crippen LogP contribution >= 0.6 is 11.6 Å². The predicted octanol–water partition coefficient (Wildman–Crippen LogP) is 6.04. The number of furan rings is 1. The number of aromatic hydroxyl groups is 1. The Bertz CT molecular complexity index is 1170. The van der Waals surface area contributed by atoms with Crippen LogP contribution in [0.4, 0.5) is 5.82 Å². The van der Waals surface area contributed by atoms with Gasteiger partial charge in [-0.25, -0.2) is 9.97 Å². The monoisotopic (exact) mass is 393 g/mol. The van der Waals surface area contributed by atoms with Crippen LogP contribution in [-0.2, 0) is 0 Å². The molecule has 5 nitrogen and oxygen atoms in total. The van der Waals surface area contributed by atoms with Gasteiger partial charge in [0.1, 0.15) is 23.0 Å². The van der Waals surface area contributed by atoms with Crippen LogP contribution in [0.25, 0.3) is 22.2 Å². The van der Waals surface area contributed by atoms with Gasteiger partial charge in [-0.05, 0) is 62.2 Å². The second kappa shape index (κ2) is 7.17. The van der Waals surface area contributed by atoms with Gasteiger partial charge >= 0.3 is 0 Å². The van der Waals surface area contributed by atoms with Gasteiger partial charge in [0.25, 0.3) is 0 Å². The molecule has 4 rings (SSSR count). The molecule has 28 heavy (non-hydrogen) atoms. The average molecular weight is 394 g/mol. The number of rotatable bonds is 4. The summed E-state index contributed by atoms with van der Waals surface area (Å²) >= 11 is 5.90. The summed E-state index contributed by atoms with van der Waals surface area (Å²) in [5.74, 6) is 1.46. The Hall–Kier alpha value is -3.05. The summed E-state index contributed by atoms with van der Waals surface area (Å²) in [6.45, 7) is 5.90. The van der Waals surface area contributed by atoms with E-state index in [1.54, 1.807) is 18.4 Å². The van der Waals surface area contributed by atoms with Crippen LogP contribution in [0.3, 0.4) is 0 Å². The molecule has 1 unspecified atom stereocenters. The van der Waals surface area contributed by atoms with Crippen molar-refractivity contribution in [3.8, 4) is 17.0 Å². The number of anilines is 1. The Balaban J connectivity index is 1.66. The molecule has 0 radical (unpaired) electrons. The van der Waals surface area contributed by atoms with Crippen LogP contribution < -0.4 is 5.32 Å². The molecule has 0 aliphatic carbocycles. The number of phenolic OH excluding ortho intramolecular Hbond substituents is 1. The molecule has 0 aliphatic rings. The minimum Gasteiger partial charge on any atom is -0.506 e. The van der Waals surface area contributed by atoms with Gasteiger partial charge in [-0.1, -0.05) is 17.7 Å². The van der Waals surface area contributed by atoms with Gasteiger partial charge in [-0.15, -0.1) is 0 Å². The van der Waals surface area contributed by atoms with Gasteiger partial charge in [-0.3, -0.25) is 0 Å². The Kier molecular flexibility index (Phi) is 4.69. The van der Waals surface area contributed by atoms with E-state index in [0.717, 1.165) is 33.4 Å². The lowest BCUT2D eigenvalue weighted by atomic mass is 10.1. The zero-order valence-corrected chi connectivity index (χ0v) is 16.6. The zero-order chi connectivity index (χ0) is 19.8. The second-order valence-electron chi connectivity index (χ2n) is 6.89. The van der Waals surface area contributed by atoms with Gasteiger partial charge in [0.05, 0.1) is 23.0 Å². The van der Waals surface area contributed by atoms with Crippen molar-refractivity contribution >= 4 is 28.4 Å². The summed E-state index contributed by atoms with van der Waals surface area (Å²) in [4.78, 5) is 9.10. The van der Waals surface area contributed by atoms with Crippen molar-refractivity contribution in [1.29, 1.82) is 0 Å². The smallest absolute Gasteiger partial charge is 0.134 e. The van der Waals surface area contributed by atoms with Crippen LogP contribution in [-0.4, -0.2) is 15.1 Å². The number of nitrogens with zero attached hydrogens (tertiary/aromatic N) is 2. The highest BCUT2D eigenvalue weighted by Gasteiger charge is 2.12. The minimum atomic E-state index is -0.0658. The standard InChI is InChI=1S/C22H20ClN3O2/c1-12-11-28-21-7-5-16(8-17(12)21)19-10-22(26-14(3)25-19)24-13(2)15-4-6-18(23)20(27)9-15/h4-11,13,27H,1-3H3,(H,24,25,26). The van der Waals surface area contributed by atoms with Crippen molar-refractivity contribution < 1.29 is 9.52 Å². The van der Waals surface area contributed by atoms with Crippen molar-refractivity contribution in [3.05, 3.63) is 70.7 Å². The molecule has 0 saturated heterocycles. The molecular formula is C22H20ClN3O2. The van der Waals surface area contributed by atoms with Gasteiger partial charge in [0.15, 0.2) is 0 Å². The molecule has 6 heteroatoms. The number of aromatic nitrogens is 2. The molecule has 0 bridgehead atoms. The molecule has 2 aromatic heterocycles. The maximum atomic E-state index is 9.85. The van der Waals surface area contributed by atoms with Crippen LogP contribution in [0.1, 0.15) is 29.9 Å². The molecule has 2 aromatic carbocycles. The normalized spacial score (nSPS) is 12.3. The van der Waals surface area contributed by atoms with Crippen molar-refractivity contribution in [3.63, 3.8) is 0 Å². The SMILES string of the molecule is Cc1nc(NC(C)c2ccc(Cl)c(O)c2)cc(-c2ccc3occ(C)c3c2)n1. The lowest BCUT2D eigenvalue weighted by molar-refractivity contribution is 0.474. The number of halogens is 1. The Morgan fingerprint density at radius 2 is 1.89 bits per heavy atom. The largest absolute Gasteiger partial charge is 0.506 e. The number of benzene rings is 2. The first-order chi connectivity index (χ1) is 13.4. The van der Waals surface area contributed by atoms with Crippen LogP contribution in [0.2, 0.25) is 5.02 Å². The first-order valence-corrected chi connectivity index (χ1v) is 9.37. The topological polar surface area (TPSA) is 71.2 Å². The Morgan fingerprint density at radius 1 is 1.07 bits per heavy atom. The zero-order valence-electron chi connectivity index (χ0n) is 15.8. The molecule has 0 saturated carbocycles. The highest BCUT2D eigenvalue weighted by atomic mass is 35.5. The lowest BCUT2D eigenvalue weighted by Crippen LogP contribution is -2.09. The molecule has 0 amide bonds. The summed E-state index contributed by atoms with van der Waals surface area (Å²) in [7, 11) is 0. The van der Waals surface area contributed by atoms with E-state index >= 15 is 0 Å². The number of hydrogen-bond donors (Lipinski definition) is 2. The van der Waals surface area contributed by atoms with Gasteiger partial charge in [-0.2, -0.15) is 0 Å². The van der Waals surface area contributed by atoms with Crippen molar-refractivity contribution in [1.82, 2.24) is 9.97 Å². The maximum absolute atomic E-state index is 9.85. The fraction of sp³-hybridized carbons (Fsp3) is 0.182. The van der Waals surface area contributed by atoms with Crippen molar-refractivity contribution in [2.45, 2.75) is 26.8 Å². The van der Waals surface area contributed by atoms with E-state index in [1.807, 2.05) is 45.0 Å². The quantitative estimate of drug-likeness (QED) is 0.442. The molecule has 2 N–H and O–H groups in total. The fourth-order valence-corrected chi connectivity index (χ4v) is 3.33. The molecule has 0 aliphatic heterocycles. The summed E-state index contributed by atoms with van der Waals surface area (Å²) in [5, 5.41) is 14.6. The number of nitrogens with one attached hydrogen (secondary N) is 1. The summed E-state index contributed by atoms with van der Waals surface area (Å²) in [5.41, 5.74) is 4.71. The van der Waals surface area contributed by atoms with E-state index in [4.69, 9.17) is 16.0 Å². The van der Waals surface area contributed by atoms with Crippen LogP contribution in [0.15, 0.2) is 53.1 Å². The van der Waals surface area contributed by atoms with Gasteiger partial charge in [0.2, 0.25) is 0 Å². The van der Waals surface area contributed by atoms with Gasteiger partial charge < -0.3 is 14.8 Å². The van der Waals surface area contributed by atoms with E-state index in [0.29, 0.717) is 16.7 Å². The number of hydrogen-bond acceptors (Lipinski definition) is 5. The second-order valence-corrected chi connectivity index (χ2v) is 7.30. The van der Waals surface area contributed by atoms with E-state index in [-0.39, 0.29) is 11.8 Å². The third-order valence-electron chi connectivity index (χ3n) is 4.74. The third kappa shape index (κ3) is 3.53. The summed E-state index contributed by atoms with van der Waals surface area (Å²) in [6, 6.07) is 13.1. The predicted molar refractivity (Wildman–Crippen MR) is 112 cm³/mol. The molecular weight excluding hydrogens is 374 g/mol. The number of phenols is 1. The lowest BCUT2D eigenvalue weighted by Gasteiger charge is -2.16. The van der Waals surface area contributed by atoms with Crippen molar-refractivity contribution in [2.75, 3.05) is 5.32 Å². The van der Waals surface area contributed by atoms with Crippen LogP contribution in [0, 0.1) is 13.8 Å². The van der Waals surface area contributed by atoms with E-state index in [9.17, 15) is 5.11 Å². The molecule has 1 atom stereocenters. The molecule has 2 heterocycles. The van der Waals surface area contributed by atoms with E-state index in [1.165, 1.54) is 0 Å². The Morgan fingerprint density at radius 3 is 2.68 bits per heavy atom. The van der Waals surface area contributed by atoms with Crippen LogP contribution in [0.5, 0.6) is 5.75 Å². The average Bonchev–Trinajstić information content (AvgIpc) is 3.04. The highest BCUT2D eigenvalue weighted by Crippen LogP contribution is 2.30. The third-order valence-corrected chi connectivity index (χ3v) is 5.05. The van der Waals surface area contributed by atoms with Gasteiger partial charge in [0, 0.05) is 17.0 Å². The maximum Gasteiger partial charge on any atom is 0.134 e. The molecule has 0 fully saturated rings. The van der Waals surface area contributed by atoms with E-state index < -0.39 is 0 Å².